The second-order valence-corrected chi connectivity index (χ2v) is 2.22. The first-order chi connectivity index (χ1) is 5.96. The van der Waals surface area contributed by atoms with Crippen LogP contribution in [0, 0.1) is 0 Å². The van der Waals surface area contributed by atoms with Gasteiger partial charge in [-0.2, -0.15) is 13.2 Å². The Morgan fingerprint density at radius 1 is 1.46 bits per heavy atom. The molecule has 0 radical (unpaired) electrons. The lowest BCUT2D eigenvalue weighted by Crippen LogP contribution is -2.29. The Hall–Kier alpha value is -1.59. The molecule has 1 aromatic heterocycles. The number of hydrogen-bond acceptors (Lipinski definition) is 2. The van der Waals surface area contributed by atoms with Crippen molar-refractivity contribution in [2.24, 2.45) is 0 Å². The molecule has 0 aromatic carbocycles. The molecule has 0 bridgehead atoms. The number of halogens is 3. The Morgan fingerprint density at radius 2 is 2.08 bits per heavy atom. The van der Waals surface area contributed by atoms with E-state index in [0.717, 1.165) is 12.3 Å². The van der Waals surface area contributed by atoms with Gasteiger partial charge in [0.05, 0.1) is 5.69 Å². The first kappa shape index (κ1) is 9.50. The molecule has 70 valence electrons. The molecule has 0 fully saturated rings. The second-order valence-electron chi connectivity index (χ2n) is 2.22. The molecule has 0 N–H and O–H groups in total. The van der Waals surface area contributed by atoms with Gasteiger partial charge in [-0.05, 0) is 12.1 Å². The number of alkyl halides is 3. The summed E-state index contributed by atoms with van der Waals surface area (Å²) in [6, 6.07) is 2.31. The molecule has 0 amide bonds. The Labute approximate surface area is 70.8 Å². The largest absolute Gasteiger partial charge is 0.472 e. The van der Waals surface area contributed by atoms with Crippen LogP contribution >= 0.6 is 0 Å². The van der Waals surface area contributed by atoms with Gasteiger partial charge in [0.2, 0.25) is 0 Å². The maximum atomic E-state index is 11.8. The average molecular weight is 191 g/mol. The van der Waals surface area contributed by atoms with Crippen molar-refractivity contribution in [2.75, 3.05) is 0 Å². The fourth-order valence-corrected chi connectivity index (χ4v) is 0.812. The lowest BCUT2D eigenvalue weighted by molar-refractivity contribution is -0.0946. The SMILES string of the molecule is O=Cc1cccn1C(=O)C(F)(F)F. The molecule has 6 heteroatoms. The Morgan fingerprint density at radius 3 is 2.54 bits per heavy atom. The average Bonchev–Trinajstić information content (AvgIpc) is 2.48. The third-order valence-electron chi connectivity index (χ3n) is 1.36. The van der Waals surface area contributed by atoms with E-state index in [-0.39, 0.29) is 16.5 Å². The molecule has 1 aromatic rings. The monoisotopic (exact) mass is 191 g/mol. The highest BCUT2D eigenvalue weighted by atomic mass is 19.4. The standard InChI is InChI=1S/C7H4F3NO2/c8-7(9,10)6(13)11-3-1-2-5(11)4-12/h1-4H. The lowest BCUT2D eigenvalue weighted by atomic mass is 10.4. The van der Waals surface area contributed by atoms with Crippen molar-refractivity contribution in [3.63, 3.8) is 0 Å². The summed E-state index contributed by atoms with van der Waals surface area (Å²) in [7, 11) is 0. The van der Waals surface area contributed by atoms with E-state index in [2.05, 4.69) is 0 Å². The van der Waals surface area contributed by atoms with Gasteiger partial charge in [0.25, 0.3) is 0 Å². The quantitative estimate of drug-likeness (QED) is 0.631. The summed E-state index contributed by atoms with van der Waals surface area (Å²) >= 11 is 0. The van der Waals surface area contributed by atoms with Gasteiger partial charge in [-0.3, -0.25) is 14.2 Å². The maximum absolute atomic E-state index is 11.8. The van der Waals surface area contributed by atoms with Crippen LogP contribution in [-0.4, -0.2) is 22.9 Å². The summed E-state index contributed by atoms with van der Waals surface area (Å²) in [4.78, 5) is 20.8. The summed E-state index contributed by atoms with van der Waals surface area (Å²) < 4.78 is 35.8. The molecule has 0 spiro atoms. The fraction of sp³-hybridized carbons (Fsp3) is 0.143. The van der Waals surface area contributed by atoms with Crippen molar-refractivity contribution in [3.05, 3.63) is 24.0 Å². The van der Waals surface area contributed by atoms with Crippen LogP contribution in [0.5, 0.6) is 0 Å². The van der Waals surface area contributed by atoms with E-state index in [1.54, 1.807) is 0 Å². The summed E-state index contributed by atoms with van der Waals surface area (Å²) in [6.07, 6.45) is -3.89. The molecule has 0 aliphatic heterocycles. The van der Waals surface area contributed by atoms with Gasteiger partial charge < -0.3 is 0 Å². The number of rotatable bonds is 1. The molecule has 0 unspecified atom stereocenters. The summed E-state index contributed by atoms with van der Waals surface area (Å²) in [6.45, 7) is 0. The highest BCUT2D eigenvalue weighted by Gasteiger charge is 2.40. The molecule has 0 atom stereocenters. The van der Waals surface area contributed by atoms with E-state index >= 15 is 0 Å². The summed E-state index contributed by atoms with van der Waals surface area (Å²) in [5.74, 6) is -2.07. The van der Waals surface area contributed by atoms with Crippen molar-refractivity contribution in [2.45, 2.75) is 6.18 Å². The van der Waals surface area contributed by atoms with E-state index in [1.165, 1.54) is 6.07 Å². The highest BCUT2D eigenvalue weighted by molar-refractivity contribution is 5.89. The van der Waals surface area contributed by atoms with Crippen molar-refractivity contribution < 1.29 is 22.8 Å². The first-order valence-corrected chi connectivity index (χ1v) is 3.21. The number of nitrogens with zero attached hydrogens (tertiary/aromatic N) is 1. The Bertz CT molecular complexity index is 340. The van der Waals surface area contributed by atoms with E-state index in [9.17, 15) is 22.8 Å². The van der Waals surface area contributed by atoms with Gasteiger partial charge in [0.1, 0.15) is 0 Å². The molecule has 13 heavy (non-hydrogen) atoms. The minimum absolute atomic E-state index is 0.184. The van der Waals surface area contributed by atoms with Gasteiger partial charge in [0.15, 0.2) is 6.29 Å². The summed E-state index contributed by atoms with van der Waals surface area (Å²) in [5.41, 5.74) is -0.317. The topological polar surface area (TPSA) is 39.1 Å². The zero-order valence-electron chi connectivity index (χ0n) is 6.21. The Balaban J connectivity index is 3.09. The number of carbonyl (C=O) groups excluding carboxylic acids is 2. The Kier molecular flexibility index (Phi) is 2.22. The third-order valence-corrected chi connectivity index (χ3v) is 1.36. The van der Waals surface area contributed by atoms with Gasteiger partial charge >= 0.3 is 12.1 Å². The minimum atomic E-state index is -4.96. The van der Waals surface area contributed by atoms with Gasteiger partial charge in [0, 0.05) is 6.20 Å². The number of aromatic nitrogens is 1. The van der Waals surface area contributed by atoms with Crippen LogP contribution in [0.3, 0.4) is 0 Å². The van der Waals surface area contributed by atoms with Crippen LogP contribution in [0.2, 0.25) is 0 Å². The van der Waals surface area contributed by atoms with Gasteiger partial charge in [-0.1, -0.05) is 0 Å². The molecule has 3 nitrogen and oxygen atoms in total. The molecule has 0 aliphatic rings. The van der Waals surface area contributed by atoms with E-state index in [1.807, 2.05) is 0 Å². The van der Waals surface area contributed by atoms with Crippen LogP contribution in [-0.2, 0) is 0 Å². The van der Waals surface area contributed by atoms with Gasteiger partial charge in [-0.25, -0.2) is 0 Å². The van der Waals surface area contributed by atoms with Crippen LogP contribution in [0.15, 0.2) is 18.3 Å². The molecule has 1 heterocycles. The highest BCUT2D eigenvalue weighted by Crippen LogP contribution is 2.18. The third kappa shape index (κ3) is 1.77. The van der Waals surface area contributed by atoms with Crippen molar-refractivity contribution in [1.82, 2.24) is 4.57 Å². The van der Waals surface area contributed by atoms with E-state index in [4.69, 9.17) is 0 Å². The smallest absolute Gasteiger partial charge is 0.296 e. The lowest BCUT2D eigenvalue weighted by Gasteiger charge is -2.06. The number of aldehydes is 1. The molecule has 1 rings (SSSR count). The van der Waals surface area contributed by atoms with Crippen LogP contribution in [0.25, 0.3) is 0 Å². The predicted molar refractivity (Wildman–Crippen MR) is 36.5 cm³/mol. The first-order valence-electron chi connectivity index (χ1n) is 3.21. The normalized spacial score (nSPS) is 11.3. The summed E-state index contributed by atoms with van der Waals surface area (Å²) in [5, 5.41) is 0. The number of hydrogen-bond donors (Lipinski definition) is 0. The maximum Gasteiger partial charge on any atom is 0.472 e. The van der Waals surface area contributed by atoms with Crippen molar-refractivity contribution >= 4 is 12.2 Å². The molecule has 0 aliphatic carbocycles. The minimum Gasteiger partial charge on any atom is -0.296 e. The molecule has 0 saturated carbocycles. The van der Waals surface area contributed by atoms with E-state index < -0.39 is 12.1 Å². The van der Waals surface area contributed by atoms with E-state index in [0.29, 0.717) is 0 Å². The van der Waals surface area contributed by atoms with Crippen LogP contribution in [0.1, 0.15) is 15.3 Å². The fourth-order valence-electron chi connectivity index (χ4n) is 0.812. The van der Waals surface area contributed by atoms with Crippen LogP contribution < -0.4 is 0 Å². The van der Waals surface area contributed by atoms with Crippen molar-refractivity contribution in [1.29, 1.82) is 0 Å². The van der Waals surface area contributed by atoms with Crippen LogP contribution in [0.4, 0.5) is 13.2 Å². The molecular weight excluding hydrogens is 187 g/mol. The molecule has 0 saturated heterocycles. The zero-order valence-corrected chi connectivity index (χ0v) is 6.21. The van der Waals surface area contributed by atoms with Crippen molar-refractivity contribution in [3.8, 4) is 0 Å². The second kappa shape index (κ2) is 3.04. The predicted octanol–water partition coefficient (Wildman–Crippen LogP) is 1.50. The zero-order chi connectivity index (χ0) is 10.1. The van der Waals surface area contributed by atoms with Gasteiger partial charge in [-0.15, -0.1) is 0 Å². The molecular formula is C7H4F3NO2. The number of carbonyl (C=O) groups is 2.